The van der Waals surface area contributed by atoms with Gasteiger partial charge in [-0.25, -0.2) is 4.39 Å². The van der Waals surface area contributed by atoms with Crippen molar-refractivity contribution in [1.29, 1.82) is 5.26 Å². The van der Waals surface area contributed by atoms with Crippen molar-refractivity contribution in [2.24, 2.45) is 0 Å². The van der Waals surface area contributed by atoms with Crippen molar-refractivity contribution in [3.8, 4) is 6.07 Å². The van der Waals surface area contributed by atoms with Gasteiger partial charge in [-0.1, -0.05) is 24.3 Å². The van der Waals surface area contributed by atoms with Gasteiger partial charge in [-0.3, -0.25) is 0 Å². The highest BCUT2D eigenvalue weighted by molar-refractivity contribution is 5.89. The van der Waals surface area contributed by atoms with Gasteiger partial charge >= 0.3 is 0 Å². The Labute approximate surface area is 118 Å². The van der Waals surface area contributed by atoms with Crippen LogP contribution < -0.4 is 4.90 Å². The molecule has 0 aliphatic rings. The predicted molar refractivity (Wildman–Crippen MR) is 80.7 cm³/mol. The molecule has 2 aromatic carbocycles. The van der Waals surface area contributed by atoms with Gasteiger partial charge in [0.05, 0.1) is 11.6 Å². The van der Waals surface area contributed by atoms with Crippen LogP contribution in [0, 0.1) is 17.1 Å². The van der Waals surface area contributed by atoms with E-state index in [0.29, 0.717) is 11.1 Å². The van der Waals surface area contributed by atoms with E-state index in [1.165, 1.54) is 12.1 Å². The summed E-state index contributed by atoms with van der Waals surface area (Å²) in [6.45, 7) is 0. The van der Waals surface area contributed by atoms with Gasteiger partial charge in [-0.05, 0) is 41.5 Å². The molecule has 0 N–H and O–H groups in total. The van der Waals surface area contributed by atoms with E-state index in [4.69, 9.17) is 0 Å². The molecule has 2 nitrogen and oxygen atoms in total. The van der Waals surface area contributed by atoms with Crippen molar-refractivity contribution in [2.45, 2.75) is 0 Å². The zero-order valence-electron chi connectivity index (χ0n) is 11.5. The molecule has 100 valence electrons. The Bertz CT molecular complexity index is 664. The minimum atomic E-state index is -0.341. The molecule has 0 atom stereocenters. The standard InChI is InChI=1S/C17H15FN2/c1-20(2)17-8-6-13(7-9-17)10-15(12-19)14-4-3-5-16(18)11-14/h3-11H,1-2H3. The summed E-state index contributed by atoms with van der Waals surface area (Å²) in [6, 6.07) is 16.0. The fraction of sp³-hybridized carbons (Fsp3) is 0.118. The van der Waals surface area contributed by atoms with Crippen molar-refractivity contribution in [3.63, 3.8) is 0 Å². The van der Waals surface area contributed by atoms with Crippen LogP contribution in [0.3, 0.4) is 0 Å². The molecule has 0 heterocycles. The minimum absolute atomic E-state index is 0.341. The van der Waals surface area contributed by atoms with E-state index in [1.807, 2.05) is 43.3 Å². The van der Waals surface area contributed by atoms with Crippen LogP contribution in [-0.2, 0) is 0 Å². The van der Waals surface area contributed by atoms with Crippen molar-refractivity contribution < 1.29 is 4.39 Å². The summed E-state index contributed by atoms with van der Waals surface area (Å²) >= 11 is 0. The quantitative estimate of drug-likeness (QED) is 0.621. The molecule has 2 rings (SSSR count). The molecule has 0 amide bonds. The van der Waals surface area contributed by atoms with Gasteiger partial charge in [0, 0.05) is 19.8 Å². The van der Waals surface area contributed by atoms with Gasteiger partial charge in [0.25, 0.3) is 0 Å². The summed E-state index contributed by atoms with van der Waals surface area (Å²) < 4.78 is 13.2. The summed E-state index contributed by atoms with van der Waals surface area (Å²) in [7, 11) is 3.94. The fourth-order valence-electron chi connectivity index (χ4n) is 1.87. The summed E-state index contributed by atoms with van der Waals surface area (Å²) in [5.41, 5.74) is 3.04. The zero-order chi connectivity index (χ0) is 14.5. The minimum Gasteiger partial charge on any atom is -0.378 e. The monoisotopic (exact) mass is 266 g/mol. The normalized spacial score (nSPS) is 11.0. The lowest BCUT2D eigenvalue weighted by Gasteiger charge is -2.11. The number of nitrogens with zero attached hydrogens (tertiary/aromatic N) is 2. The van der Waals surface area contributed by atoms with Crippen LogP contribution in [-0.4, -0.2) is 14.1 Å². The van der Waals surface area contributed by atoms with Crippen LogP contribution in [0.4, 0.5) is 10.1 Å². The highest BCUT2D eigenvalue weighted by Gasteiger charge is 2.02. The third-order valence-corrected chi connectivity index (χ3v) is 2.98. The van der Waals surface area contributed by atoms with E-state index in [-0.39, 0.29) is 5.82 Å². The average molecular weight is 266 g/mol. The van der Waals surface area contributed by atoms with E-state index < -0.39 is 0 Å². The van der Waals surface area contributed by atoms with Crippen LogP contribution in [0.25, 0.3) is 11.6 Å². The molecule has 0 saturated carbocycles. The molecule has 0 unspecified atom stereocenters. The van der Waals surface area contributed by atoms with Gasteiger partial charge < -0.3 is 4.90 Å². The highest BCUT2D eigenvalue weighted by Crippen LogP contribution is 2.20. The van der Waals surface area contributed by atoms with Gasteiger partial charge in [0.2, 0.25) is 0 Å². The van der Waals surface area contributed by atoms with Crippen LogP contribution in [0.15, 0.2) is 48.5 Å². The average Bonchev–Trinajstić information content (AvgIpc) is 2.45. The lowest BCUT2D eigenvalue weighted by atomic mass is 10.0. The summed E-state index contributed by atoms with van der Waals surface area (Å²) in [5.74, 6) is -0.341. The molecular weight excluding hydrogens is 251 g/mol. The molecule has 0 fully saturated rings. The number of anilines is 1. The maximum absolute atomic E-state index is 13.2. The Morgan fingerprint density at radius 3 is 2.40 bits per heavy atom. The van der Waals surface area contributed by atoms with Crippen molar-refractivity contribution in [3.05, 3.63) is 65.5 Å². The molecule has 3 heteroatoms. The van der Waals surface area contributed by atoms with E-state index in [1.54, 1.807) is 18.2 Å². The van der Waals surface area contributed by atoms with Gasteiger partial charge in [0.15, 0.2) is 0 Å². The maximum atomic E-state index is 13.2. The first-order chi connectivity index (χ1) is 9.60. The maximum Gasteiger partial charge on any atom is 0.123 e. The van der Waals surface area contributed by atoms with Crippen LogP contribution >= 0.6 is 0 Å². The summed E-state index contributed by atoms with van der Waals surface area (Å²) in [6.07, 6.45) is 1.76. The lowest BCUT2D eigenvalue weighted by Crippen LogP contribution is -2.07. The van der Waals surface area contributed by atoms with E-state index in [9.17, 15) is 9.65 Å². The molecule has 0 saturated heterocycles. The molecule has 0 aliphatic heterocycles. The van der Waals surface area contributed by atoms with Crippen molar-refractivity contribution in [2.75, 3.05) is 19.0 Å². The second-order valence-electron chi connectivity index (χ2n) is 4.67. The first kappa shape index (κ1) is 13.8. The first-order valence-electron chi connectivity index (χ1n) is 6.25. The van der Waals surface area contributed by atoms with Crippen LogP contribution in [0.5, 0.6) is 0 Å². The molecule has 0 bridgehead atoms. The smallest absolute Gasteiger partial charge is 0.123 e. The SMILES string of the molecule is CN(C)c1ccc(C=C(C#N)c2cccc(F)c2)cc1. The zero-order valence-corrected chi connectivity index (χ0v) is 11.5. The number of halogens is 1. The topological polar surface area (TPSA) is 27.0 Å². The second-order valence-corrected chi connectivity index (χ2v) is 4.67. The Balaban J connectivity index is 2.34. The first-order valence-corrected chi connectivity index (χ1v) is 6.25. The molecule has 0 aliphatic carbocycles. The molecular formula is C17H15FN2. The Morgan fingerprint density at radius 2 is 1.85 bits per heavy atom. The Kier molecular flexibility index (Phi) is 4.17. The second kappa shape index (κ2) is 6.03. The van der Waals surface area contributed by atoms with E-state index in [2.05, 4.69) is 6.07 Å². The van der Waals surface area contributed by atoms with E-state index in [0.717, 1.165) is 11.3 Å². The summed E-state index contributed by atoms with van der Waals surface area (Å²) in [5, 5.41) is 9.23. The summed E-state index contributed by atoms with van der Waals surface area (Å²) in [4.78, 5) is 2.01. The third-order valence-electron chi connectivity index (χ3n) is 2.98. The number of hydrogen-bond donors (Lipinski definition) is 0. The van der Waals surface area contributed by atoms with Gasteiger partial charge in [-0.2, -0.15) is 5.26 Å². The van der Waals surface area contributed by atoms with Crippen LogP contribution in [0.2, 0.25) is 0 Å². The number of benzene rings is 2. The number of nitriles is 1. The highest BCUT2D eigenvalue weighted by atomic mass is 19.1. The molecule has 0 aromatic heterocycles. The van der Waals surface area contributed by atoms with E-state index >= 15 is 0 Å². The third kappa shape index (κ3) is 3.24. The Morgan fingerprint density at radius 1 is 1.15 bits per heavy atom. The predicted octanol–water partition coefficient (Wildman–Crippen LogP) is 3.96. The molecule has 0 spiro atoms. The molecule has 2 aromatic rings. The molecule has 0 radical (unpaired) electrons. The van der Waals surface area contributed by atoms with Gasteiger partial charge in [0.1, 0.15) is 5.82 Å². The number of allylic oxidation sites excluding steroid dienone is 1. The fourth-order valence-corrected chi connectivity index (χ4v) is 1.87. The van der Waals surface area contributed by atoms with Crippen LogP contribution in [0.1, 0.15) is 11.1 Å². The number of rotatable bonds is 3. The van der Waals surface area contributed by atoms with Gasteiger partial charge in [-0.15, -0.1) is 0 Å². The van der Waals surface area contributed by atoms with Crippen molar-refractivity contribution in [1.82, 2.24) is 0 Å². The largest absolute Gasteiger partial charge is 0.378 e. The number of hydrogen-bond acceptors (Lipinski definition) is 2. The molecule has 20 heavy (non-hydrogen) atoms. The lowest BCUT2D eigenvalue weighted by molar-refractivity contribution is 0.627. The van der Waals surface area contributed by atoms with Crippen molar-refractivity contribution >= 4 is 17.3 Å². The Hall–Kier alpha value is -2.60.